The van der Waals surface area contributed by atoms with E-state index in [1.165, 1.54) is 0 Å². The molecule has 27 heavy (non-hydrogen) atoms. The van der Waals surface area contributed by atoms with E-state index in [9.17, 15) is 9.59 Å². The van der Waals surface area contributed by atoms with Crippen LogP contribution in [-0.2, 0) is 9.53 Å². The normalized spacial score (nSPS) is 26.0. The first-order chi connectivity index (χ1) is 13.2. The predicted molar refractivity (Wildman–Crippen MR) is 111 cm³/mol. The van der Waals surface area contributed by atoms with Crippen LogP contribution in [0.15, 0.2) is 18.2 Å². The van der Waals surface area contributed by atoms with Gasteiger partial charge in [-0.2, -0.15) is 5.10 Å². The molecule has 1 unspecified atom stereocenters. The Morgan fingerprint density at radius 2 is 2.04 bits per heavy atom. The number of hydrogen-bond acceptors (Lipinski definition) is 4. The summed E-state index contributed by atoms with van der Waals surface area (Å²) in [7, 11) is 0. The molecule has 0 spiro atoms. The predicted octanol–water partition coefficient (Wildman–Crippen LogP) is 3.83. The van der Waals surface area contributed by atoms with Gasteiger partial charge in [0, 0.05) is 27.5 Å². The number of halogens is 1. The Morgan fingerprint density at radius 1 is 1.22 bits per heavy atom. The number of nitrogens with zero attached hydrogens (tertiary/aromatic N) is 2. The maximum absolute atomic E-state index is 13.0. The highest BCUT2D eigenvalue weighted by Crippen LogP contribution is 2.29. The topological polar surface area (TPSA) is 73.2 Å². The molecule has 1 aromatic carbocycles. The van der Waals surface area contributed by atoms with Crippen LogP contribution >= 0.6 is 22.6 Å². The zero-order chi connectivity index (χ0) is 18.8. The van der Waals surface area contributed by atoms with Crippen LogP contribution in [0.4, 0.5) is 0 Å². The smallest absolute Gasteiger partial charge is 0.272 e. The van der Waals surface area contributed by atoms with Crippen LogP contribution in [0, 0.1) is 9.49 Å². The van der Waals surface area contributed by atoms with Gasteiger partial charge in [0.25, 0.3) is 5.91 Å². The van der Waals surface area contributed by atoms with Crippen molar-refractivity contribution < 1.29 is 14.3 Å². The monoisotopic (exact) mass is 481 g/mol. The van der Waals surface area contributed by atoms with Gasteiger partial charge in [0.1, 0.15) is 6.29 Å². The van der Waals surface area contributed by atoms with Crippen molar-refractivity contribution in [2.75, 3.05) is 6.61 Å². The number of ether oxygens (including phenoxy) is 1. The summed E-state index contributed by atoms with van der Waals surface area (Å²) in [4.78, 5) is 23.9. The number of rotatable bonds is 4. The van der Waals surface area contributed by atoms with E-state index in [4.69, 9.17) is 4.74 Å². The molecule has 2 aliphatic rings. The Kier molecular flexibility index (Phi) is 5.77. The number of nitrogens with one attached hydrogen (secondary N) is 1. The molecule has 1 amide bonds. The Bertz CT molecular complexity index is 836. The molecule has 1 aliphatic carbocycles. The average Bonchev–Trinajstić information content (AvgIpc) is 3.08. The molecule has 1 atom stereocenters. The third kappa shape index (κ3) is 4.03. The van der Waals surface area contributed by atoms with E-state index in [-0.39, 0.29) is 24.1 Å². The number of carbonyl (C=O) groups is 2. The number of hydrogen-bond donors (Lipinski definition) is 1. The highest BCUT2D eigenvalue weighted by atomic mass is 127. The maximum atomic E-state index is 13.0. The fourth-order valence-electron chi connectivity index (χ4n) is 4.07. The number of benzene rings is 1. The molecule has 2 aromatic rings. The quantitative estimate of drug-likeness (QED) is 0.533. The second-order valence-corrected chi connectivity index (χ2v) is 8.74. The highest BCUT2D eigenvalue weighted by molar-refractivity contribution is 14.1. The largest absolute Gasteiger partial charge is 0.356 e. The van der Waals surface area contributed by atoms with Crippen molar-refractivity contribution in [3.63, 3.8) is 0 Å². The van der Waals surface area contributed by atoms with Gasteiger partial charge in [0.2, 0.25) is 0 Å². The van der Waals surface area contributed by atoms with E-state index in [0.29, 0.717) is 5.69 Å². The van der Waals surface area contributed by atoms with Gasteiger partial charge in [-0.1, -0.05) is 0 Å². The third-order valence-electron chi connectivity index (χ3n) is 5.61. The number of aromatic nitrogens is 2. The molecule has 1 N–H and O–H groups in total. The van der Waals surface area contributed by atoms with Crippen molar-refractivity contribution in [2.24, 2.45) is 5.92 Å². The minimum absolute atomic E-state index is 0.106. The van der Waals surface area contributed by atoms with Crippen molar-refractivity contribution in [3.05, 3.63) is 27.5 Å². The van der Waals surface area contributed by atoms with Crippen LogP contribution in [0.25, 0.3) is 10.9 Å². The van der Waals surface area contributed by atoms with Crippen molar-refractivity contribution in [1.82, 2.24) is 15.1 Å². The molecule has 2 heterocycles. The lowest BCUT2D eigenvalue weighted by atomic mass is 9.87. The van der Waals surface area contributed by atoms with Crippen LogP contribution in [0.2, 0.25) is 0 Å². The lowest BCUT2D eigenvalue weighted by Crippen LogP contribution is -2.38. The Labute approximate surface area is 172 Å². The molecule has 1 aliphatic heterocycles. The first kappa shape index (κ1) is 18.9. The van der Waals surface area contributed by atoms with E-state index in [1.807, 2.05) is 22.9 Å². The van der Waals surface area contributed by atoms with Gasteiger partial charge in [-0.3, -0.25) is 4.79 Å². The third-order valence-corrected chi connectivity index (χ3v) is 6.28. The summed E-state index contributed by atoms with van der Waals surface area (Å²) in [5.41, 5.74) is 1.41. The molecule has 1 aromatic heterocycles. The molecule has 0 bridgehead atoms. The standard InChI is InChI=1S/C20H24IN3O3/c21-14-6-9-17-16(11-14)19(23-24(17)18-3-1-2-10-27-18)20(26)22-15-7-4-13(12-25)5-8-15/h6,9,11-13,15,18H,1-5,7-8,10H2,(H,22,26)/t13-,15-,18?. The zero-order valence-electron chi connectivity index (χ0n) is 15.2. The van der Waals surface area contributed by atoms with E-state index in [0.717, 1.165) is 72.3 Å². The zero-order valence-corrected chi connectivity index (χ0v) is 17.4. The van der Waals surface area contributed by atoms with Gasteiger partial charge in [0.05, 0.1) is 5.52 Å². The molecular formula is C20H24IN3O3. The maximum Gasteiger partial charge on any atom is 0.272 e. The Hall–Kier alpha value is -1.48. The van der Waals surface area contributed by atoms with Crippen LogP contribution in [0.1, 0.15) is 61.7 Å². The van der Waals surface area contributed by atoms with Gasteiger partial charge in [-0.25, -0.2) is 4.68 Å². The second-order valence-electron chi connectivity index (χ2n) is 7.50. The molecule has 4 rings (SSSR count). The fraction of sp³-hybridized carbons (Fsp3) is 0.550. The molecule has 7 heteroatoms. The van der Waals surface area contributed by atoms with Crippen molar-refractivity contribution >= 4 is 45.7 Å². The summed E-state index contributed by atoms with van der Waals surface area (Å²) < 4.78 is 8.85. The first-order valence-electron chi connectivity index (χ1n) is 9.71. The van der Waals surface area contributed by atoms with Gasteiger partial charge in [-0.05, 0) is 85.7 Å². The summed E-state index contributed by atoms with van der Waals surface area (Å²) in [6.45, 7) is 0.734. The SMILES string of the molecule is O=C[C@H]1CC[C@H](NC(=O)c2nn(C3CCCCO3)c3ccc(I)cc23)CC1. The summed E-state index contributed by atoms with van der Waals surface area (Å²) in [6, 6.07) is 6.18. The van der Waals surface area contributed by atoms with Crippen molar-refractivity contribution in [2.45, 2.75) is 57.2 Å². The highest BCUT2D eigenvalue weighted by Gasteiger charge is 2.27. The van der Waals surface area contributed by atoms with Crippen LogP contribution in [-0.4, -0.2) is 34.6 Å². The molecule has 144 valence electrons. The molecule has 6 nitrogen and oxygen atoms in total. The molecular weight excluding hydrogens is 457 g/mol. The Morgan fingerprint density at radius 3 is 2.74 bits per heavy atom. The van der Waals surface area contributed by atoms with E-state index in [1.54, 1.807) is 0 Å². The summed E-state index contributed by atoms with van der Waals surface area (Å²) in [5.74, 6) is 0.00864. The Balaban J connectivity index is 1.59. The number of aldehydes is 1. The van der Waals surface area contributed by atoms with Gasteiger partial charge < -0.3 is 14.8 Å². The first-order valence-corrected chi connectivity index (χ1v) is 10.8. The number of carbonyl (C=O) groups excluding carboxylic acids is 2. The summed E-state index contributed by atoms with van der Waals surface area (Å²) >= 11 is 2.26. The van der Waals surface area contributed by atoms with Gasteiger partial charge in [-0.15, -0.1) is 0 Å². The van der Waals surface area contributed by atoms with Gasteiger partial charge >= 0.3 is 0 Å². The average molecular weight is 481 g/mol. The minimum atomic E-state index is -0.133. The molecule has 1 saturated carbocycles. The lowest BCUT2D eigenvalue weighted by Gasteiger charge is -2.26. The van der Waals surface area contributed by atoms with Crippen LogP contribution < -0.4 is 5.32 Å². The second kappa shape index (κ2) is 8.26. The number of amides is 1. The summed E-state index contributed by atoms with van der Waals surface area (Å²) in [5, 5.41) is 8.67. The fourth-order valence-corrected chi connectivity index (χ4v) is 4.56. The number of fused-ring (bicyclic) bond motifs is 1. The van der Waals surface area contributed by atoms with Crippen LogP contribution in [0.5, 0.6) is 0 Å². The van der Waals surface area contributed by atoms with Crippen LogP contribution in [0.3, 0.4) is 0 Å². The van der Waals surface area contributed by atoms with Crippen molar-refractivity contribution in [1.29, 1.82) is 0 Å². The molecule has 1 saturated heterocycles. The molecule has 2 fully saturated rings. The van der Waals surface area contributed by atoms with E-state index in [2.05, 4.69) is 33.0 Å². The van der Waals surface area contributed by atoms with E-state index < -0.39 is 0 Å². The summed E-state index contributed by atoms with van der Waals surface area (Å²) in [6.07, 6.45) is 7.41. The lowest BCUT2D eigenvalue weighted by molar-refractivity contribution is -0.111. The molecule has 0 radical (unpaired) electrons. The van der Waals surface area contributed by atoms with Crippen molar-refractivity contribution in [3.8, 4) is 0 Å². The van der Waals surface area contributed by atoms with E-state index >= 15 is 0 Å². The van der Waals surface area contributed by atoms with Gasteiger partial charge in [0.15, 0.2) is 11.9 Å². The minimum Gasteiger partial charge on any atom is -0.356 e.